The number of hydrogen-bond donors (Lipinski definition) is 1. The molecule has 1 rings (SSSR count). The van der Waals surface area contributed by atoms with Gasteiger partial charge in [0.2, 0.25) is 0 Å². The highest BCUT2D eigenvalue weighted by atomic mass is 19.1. The van der Waals surface area contributed by atoms with E-state index in [1.54, 1.807) is 12.3 Å². The molecule has 1 aromatic rings. The van der Waals surface area contributed by atoms with Crippen molar-refractivity contribution < 1.29 is 4.39 Å². The second-order valence-electron chi connectivity index (χ2n) is 6.28. The average molecular weight is 281 g/mol. The minimum Gasteiger partial charge on any atom is -0.351 e. The average Bonchev–Trinajstić information content (AvgIpc) is 2.34. The molecule has 3 nitrogen and oxygen atoms in total. The molecule has 0 unspecified atom stereocenters. The predicted molar refractivity (Wildman–Crippen MR) is 83.5 cm³/mol. The Morgan fingerprint density at radius 3 is 2.35 bits per heavy atom. The second kappa shape index (κ2) is 7.58. The summed E-state index contributed by atoms with van der Waals surface area (Å²) >= 11 is 0. The van der Waals surface area contributed by atoms with Crippen molar-refractivity contribution in [1.82, 2.24) is 10.3 Å². The number of hydrogen-bond acceptors (Lipinski definition) is 3. The zero-order valence-electron chi connectivity index (χ0n) is 13.6. The number of aromatic nitrogens is 1. The van der Waals surface area contributed by atoms with Gasteiger partial charge in [0.1, 0.15) is 0 Å². The van der Waals surface area contributed by atoms with Crippen molar-refractivity contribution in [2.45, 2.75) is 60.2 Å². The third-order valence-electron chi connectivity index (χ3n) is 3.11. The van der Waals surface area contributed by atoms with E-state index in [-0.39, 0.29) is 11.9 Å². The summed E-state index contributed by atoms with van der Waals surface area (Å²) in [4.78, 5) is 6.30. The van der Waals surface area contributed by atoms with Crippen LogP contribution >= 0.6 is 0 Å². The molecule has 0 aliphatic rings. The molecule has 0 atom stereocenters. The van der Waals surface area contributed by atoms with Gasteiger partial charge in [-0.2, -0.15) is 0 Å². The molecule has 0 fully saturated rings. The first kappa shape index (κ1) is 16.9. The van der Waals surface area contributed by atoms with Gasteiger partial charge in [0, 0.05) is 36.9 Å². The van der Waals surface area contributed by atoms with Crippen LogP contribution in [-0.2, 0) is 6.54 Å². The van der Waals surface area contributed by atoms with E-state index in [9.17, 15) is 4.39 Å². The molecule has 4 heteroatoms. The van der Waals surface area contributed by atoms with Gasteiger partial charge in [0.15, 0.2) is 11.6 Å². The molecule has 114 valence electrons. The lowest BCUT2D eigenvalue weighted by molar-refractivity contribution is 0.524. The highest BCUT2D eigenvalue weighted by Crippen LogP contribution is 2.22. The Hall–Kier alpha value is -1.16. The molecule has 0 aliphatic heterocycles. The van der Waals surface area contributed by atoms with Crippen LogP contribution in [0.3, 0.4) is 0 Å². The quantitative estimate of drug-likeness (QED) is 0.828. The molecule has 0 spiro atoms. The van der Waals surface area contributed by atoms with Gasteiger partial charge < -0.3 is 10.2 Å². The van der Waals surface area contributed by atoms with Crippen molar-refractivity contribution >= 4 is 5.82 Å². The maximum absolute atomic E-state index is 14.6. The third-order valence-corrected chi connectivity index (χ3v) is 3.11. The monoisotopic (exact) mass is 281 g/mol. The van der Waals surface area contributed by atoms with Crippen LogP contribution in [0.25, 0.3) is 0 Å². The molecule has 0 saturated heterocycles. The van der Waals surface area contributed by atoms with Crippen LogP contribution in [0.15, 0.2) is 12.3 Å². The highest BCUT2D eigenvalue weighted by Gasteiger charge is 2.19. The van der Waals surface area contributed by atoms with Crippen molar-refractivity contribution in [2.24, 2.45) is 5.92 Å². The standard InChI is InChI=1S/C16H28FN3/c1-11(2)10-20(13(5)6)16-15(17)14(7-8-18-16)9-19-12(3)4/h7-8,11-13,19H,9-10H2,1-6H3. The molecule has 0 amide bonds. The van der Waals surface area contributed by atoms with Crippen LogP contribution in [0.5, 0.6) is 0 Å². The number of rotatable bonds is 7. The van der Waals surface area contributed by atoms with E-state index >= 15 is 0 Å². The van der Waals surface area contributed by atoms with E-state index in [0.717, 1.165) is 6.54 Å². The summed E-state index contributed by atoms with van der Waals surface area (Å²) < 4.78 is 14.6. The van der Waals surface area contributed by atoms with Gasteiger partial charge in [0.25, 0.3) is 0 Å². The Balaban J connectivity index is 3.01. The first-order valence-corrected chi connectivity index (χ1v) is 7.46. The Labute approximate surface area is 122 Å². The van der Waals surface area contributed by atoms with Gasteiger partial charge in [-0.05, 0) is 25.8 Å². The highest BCUT2D eigenvalue weighted by molar-refractivity contribution is 5.44. The Morgan fingerprint density at radius 2 is 1.85 bits per heavy atom. The Morgan fingerprint density at radius 1 is 1.20 bits per heavy atom. The SMILES string of the molecule is CC(C)CN(c1nccc(CNC(C)C)c1F)C(C)C. The molecule has 1 heterocycles. The molecule has 0 bridgehead atoms. The fourth-order valence-corrected chi connectivity index (χ4v) is 2.06. The van der Waals surface area contributed by atoms with Gasteiger partial charge in [-0.3, -0.25) is 0 Å². The number of anilines is 1. The van der Waals surface area contributed by atoms with Crippen LogP contribution in [0.2, 0.25) is 0 Å². The van der Waals surface area contributed by atoms with Crippen LogP contribution < -0.4 is 10.2 Å². The van der Waals surface area contributed by atoms with E-state index in [0.29, 0.717) is 29.9 Å². The molecule has 1 N–H and O–H groups in total. The maximum Gasteiger partial charge on any atom is 0.170 e. The molecule has 1 aromatic heterocycles. The first-order valence-electron chi connectivity index (χ1n) is 7.46. The largest absolute Gasteiger partial charge is 0.351 e. The van der Waals surface area contributed by atoms with Crippen LogP contribution in [0.4, 0.5) is 10.2 Å². The molecule has 0 radical (unpaired) electrons. The molecular weight excluding hydrogens is 253 g/mol. The minimum atomic E-state index is -0.199. The van der Waals surface area contributed by atoms with Crippen molar-refractivity contribution in [3.63, 3.8) is 0 Å². The summed E-state index contributed by atoms with van der Waals surface area (Å²) in [5.74, 6) is 0.739. The number of nitrogens with zero attached hydrogens (tertiary/aromatic N) is 2. The summed E-state index contributed by atoms with van der Waals surface area (Å²) in [6, 6.07) is 2.32. The van der Waals surface area contributed by atoms with E-state index in [1.807, 2.05) is 4.90 Å². The van der Waals surface area contributed by atoms with E-state index in [1.165, 1.54) is 0 Å². The second-order valence-corrected chi connectivity index (χ2v) is 6.28. The predicted octanol–water partition coefficient (Wildman–Crippen LogP) is 3.59. The Bertz CT molecular complexity index is 416. The van der Waals surface area contributed by atoms with E-state index < -0.39 is 0 Å². The van der Waals surface area contributed by atoms with Gasteiger partial charge in [0.05, 0.1) is 0 Å². The topological polar surface area (TPSA) is 28.2 Å². The summed E-state index contributed by atoms with van der Waals surface area (Å²) in [7, 11) is 0. The summed E-state index contributed by atoms with van der Waals surface area (Å²) in [6.07, 6.45) is 1.70. The molecule has 0 aliphatic carbocycles. The normalized spacial score (nSPS) is 11.7. The summed E-state index contributed by atoms with van der Waals surface area (Å²) in [6.45, 7) is 13.9. The van der Waals surface area contributed by atoms with Crippen molar-refractivity contribution in [1.29, 1.82) is 0 Å². The molecular formula is C16H28FN3. The van der Waals surface area contributed by atoms with Crippen LogP contribution in [-0.4, -0.2) is 23.6 Å². The van der Waals surface area contributed by atoms with Gasteiger partial charge >= 0.3 is 0 Å². The summed E-state index contributed by atoms with van der Waals surface area (Å²) in [5, 5.41) is 3.25. The van der Waals surface area contributed by atoms with Crippen LogP contribution in [0, 0.1) is 11.7 Å². The van der Waals surface area contributed by atoms with Gasteiger partial charge in [-0.1, -0.05) is 27.7 Å². The lowest BCUT2D eigenvalue weighted by atomic mass is 10.1. The lowest BCUT2D eigenvalue weighted by Gasteiger charge is -2.30. The van der Waals surface area contributed by atoms with E-state index in [2.05, 4.69) is 51.8 Å². The fraction of sp³-hybridized carbons (Fsp3) is 0.688. The van der Waals surface area contributed by atoms with Crippen molar-refractivity contribution in [2.75, 3.05) is 11.4 Å². The Kier molecular flexibility index (Phi) is 6.40. The summed E-state index contributed by atoms with van der Waals surface area (Å²) in [5.41, 5.74) is 0.679. The molecule has 0 aromatic carbocycles. The lowest BCUT2D eigenvalue weighted by Crippen LogP contribution is -2.36. The number of nitrogens with one attached hydrogen (secondary N) is 1. The first-order chi connectivity index (χ1) is 9.32. The third kappa shape index (κ3) is 4.75. The zero-order valence-corrected chi connectivity index (χ0v) is 13.6. The maximum atomic E-state index is 14.6. The van der Waals surface area contributed by atoms with Crippen molar-refractivity contribution in [3.05, 3.63) is 23.6 Å². The molecule has 0 saturated carbocycles. The smallest absolute Gasteiger partial charge is 0.170 e. The molecule has 20 heavy (non-hydrogen) atoms. The minimum absolute atomic E-state index is 0.199. The number of halogens is 1. The van der Waals surface area contributed by atoms with Crippen molar-refractivity contribution in [3.8, 4) is 0 Å². The van der Waals surface area contributed by atoms with Gasteiger partial charge in [-0.15, -0.1) is 0 Å². The van der Waals surface area contributed by atoms with Crippen LogP contribution in [0.1, 0.15) is 47.1 Å². The van der Waals surface area contributed by atoms with E-state index in [4.69, 9.17) is 0 Å². The fourth-order valence-electron chi connectivity index (χ4n) is 2.06. The van der Waals surface area contributed by atoms with Gasteiger partial charge in [-0.25, -0.2) is 9.37 Å². The zero-order chi connectivity index (χ0) is 15.3. The number of pyridine rings is 1.